The summed E-state index contributed by atoms with van der Waals surface area (Å²) < 4.78 is 5.21. The summed E-state index contributed by atoms with van der Waals surface area (Å²) in [6.07, 6.45) is 0. The van der Waals surface area contributed by atoms with Gasteiger partial charge in [0.25, 0.3) is 0 Å². The summed E-state index contributed by atoms with van der Waals surface area (Å²) in [7, 11) is 1.65. The standard InChI is InChI=1S/C13H14ClNOS/c1-8(15)12-5-6-13(17-12)10-7-9(16-2)3-4-11(10)14/h3-8H,15H2,1-2H3. The lowest BCUT2D eigenvalue weighted by Gasteiger charge is -2.05. The molecule has 2 nitrogen and oxygen atoms in total. The van der Waals surface area contributed by atoms with Gasteiger partial charge in [0.05, 0.1) is 7.11 Å². The van der Waals surface area contributed by atoms with E-state index in [0.29, 0.717) is 0 Å². The highest BCUT2D eigenvalue weighted by Gasteiger charge is 2.10. The molecule has 0 bridgehead atoms. The summed E-state index contributed by atoms with van der Waals surface area (Å²) in [5.74, 6) is 0.806. The third-order valence-corrected chi connectivity index (χ3v) is 4.16. The normalized spacial score (nSPS) is 12.5. The van der Waals surface area contributed by atoms with Crippen molar-refractivity contribution in [3.8, 4) is 16.2 Å². The van der Waals surface area contributed by atoms with Gasteiger partial charge in [-0.2, -0.15) is 0 Å². The molecule has 0 saturated carbocycles. The van der Waals surface area contributed by atoms with E-state index in [9.17, 15) is 0 Å². The van der Waals surface area contributed by atoms with Gasteiger partial charge in [0.15, 0.2) is 0 Å². The molecule has 0 fully saturated rings. The van der Waals surface area contributed by atoms with Crippen molar-refractivity contribution in [2.75, 3.05) is 7.11 Å². The van der Waals surface area contributed by atoms with Crippen LogP contribution in [-0.2, 0) is 0 Å². The van der Waals surface area contributed by atoms with Crippen LogP contribution >= 0.6 is 22.9 Å². The molecule has 0 spiro atoms. The summed E-state index contributed by atoms with van der Waals surface area (Å²) in [5.41, 5.74) is 6.84. The molecule has 1 aromatic heterocycles. The minimum Gasteiger partial charge on any atom is -0.497 e. The van der Waals surface area contributed by atoms with Gasteiger partial charge in [-0.1, -0.05) is 11.6 Å². The van der Waals surface area contributed by atoms with Crippen molar-refractivity contribution < 1.29 is 4.74 Å². The molecule has 0 amide bonds. The van der Waals surface area contributed by atoms with Gasteiger partial charge in [-0.25, -0.2) is 0 Å². The van der Waals surface area contributed by atoms with Gasteiger partial charge in [-0.15, -0.1) is 11.3 Å². The molecule has 1 atom stereocenters. The number of nitrogens with two attached hydrogens (primary N) is 1. The van der Waals surface area contributed by atoms with E-state index in [1.165, 1.54) is 0 Å². The van der Waals surface area contributed by atoms with E-state index in [-0.39, 0.29) is 6.04 Å². The van der Waals surface area contributed by atoms with Crippen LogP contribution in [0.2, 0.25) is 5.02 Å². The molecule has 0 saturated heterocycles. The zero-order chi connectivity index (χ0) is 12.4. The molecule has 0 aliphatic heterocycles. The van der Waals surface area contributed by atoms with Gasteiger partial charge in [-0.05, 0) is 37.3 Å². The topological polar surface area (TPSA) is 35.2 Å². The molecule has 2 rings (SSSR count). The average molecular weight is 268 g/mol. The first kappa shape index (κ1) is 12.4. The summed E-state index contributed by atoms with van der Waals surface area (Å²) in [5, 5.41) is 0.726. The molecule has 17 heavy (non-hydrogen) atoms. The van der Waals surface area contributed by atoms with Gasteiger partial charge in [0.1, 0.15) is 5.75 Å². The molecule has 2 aromatic rings. The SMILES string of the molecule is COc1ccc(Cl)c(-c2ccc(C(C)N)s2)c1. The molecule has 0 radical (unpaired) electrons. The largest absolute Gasteiger partial charge is 0.497 e. The van der Waals surface area contributed by atoms with Crippen LogP contribution in [-0.4, -0.2) is 7.11 Å². The van der Waals surface area contributed by atoms with Gasteiger partial charge >= 0.3 is 0 Å². The number of hydrogen-bond acceptors (Lipinski definition) is 3. The molecule has 0 aliphatic carbocycles. The summed E-state index contributed by atoms with van der Waals surface area (Å²) in [6, 6.07) is 9.79. The minimum atomic E-state index is 0.0538. The van der Waals surface area contributed by atoms with E-state index >= 15 is 0 Å². The van der Waals surface area contributed by atoms with Gasteiger partial charge < -0.3 is 10.5 Å². The highest BCUT2D eigenvalue weighted by atomic mass is 35.5. The Bertz CT molecular complexity index is 522. The van der Waals surface area contributed by atoms with Crippen LogP contribution in [0.1, 0.15) is 17.8 Å². The second kappa shape index (κ2) is 5.08. The maximum atomic E-state index is 6.20. The van der Waals surface area contributed by atoms with Crippen molar-refractivity contribution in [3.05, 3.63) is 40.2 Å². The first-order valence-electron chi connectivity index (χ1n) is 5.31. The Labute approximate surface area is 110 Å². The number of thiophene rings is 1. The van der Waals surface area contributed by atoms with Crippen LogP contribution in [0.25, 0.3) is 10.4 Å². The van der Waals surface area contributed by atoms with Gasteiger partial charge in [-0.3, -0.25) is 0 Å². The van der Waals surface area contributed by atoms with Crippen LogP contribution in [0, 0.1) is 0 Å². The Balaban J connectivity index is 2.44. The number of ether oxygens (including phenoxy) is 1. The molecule has 1 unspecified atom stereocenters. The second-order valence-corrected chi connectivity index (χ2v) is 5.36. The zero-order valence-electron chi connectivity index (χ0n) is 9.74. The van der Waals surface area contributed by atoms with E-state index in [0.717, 1.165) is 26.1 Å². The Morgan fingerprint density at radius 3 is 2.65 bits per heavy atom. The van der Waals surface area contributed by atoms with E-state index in [1.807, 2.05) is 37.3 Å². The number of hydrogen-bond donors (Lipinski definition) is 1. The molecule has 1 aromatic carbocycles. The maximum Gasteiger partial charge on any atom is 0.119 e. The molecule has 90 valence electrons. The Kier molecular flexibility index (Phi) is 3.72. The molecule has 4 heteroatoms. The number of halogens is 1. The second-order valence-electron chi connectivity index (χ2n) is 3.84. The number of rotatable bonds is 3. The van der Waals surface area contributed by atoms with Gasteiger partial charge in [0.2, 0.25) is 0 Å². The highest BCUT2D eigenvalue weighted by Crippen LogP contribution is 2.36. The molecule has 1 heterocycles. The van der Waals surface area contributed by atoms with E-state index in [1.54, 1.807) is 18.4 Å². The lowest BCUT2D eigenvalue weighted by molar-refractivity contribution is 0.415. The third-order valence-electron chi connectivity index (χ3n) is 2.51. The predicted octanol–water partition coefficient (Wildman–Crippen LogP) is 4.10. The fourth-order valence-electron chi connectivity index (χ4n) is 1.56. The summed E-state index contributed by atoms with van der Waals surface area (Å²) in [6.45, 7) is 1.97. The third kappa shape index (κ3) is 2.63. The van der Waals surface area contributed by atoms with Crippen molar-refractivity contribution in [1.82, 2.24) is 0 Å². The lowest BCUT2D eigenvalue weighted by atomic mass is 10.2. The van der Waals surface area contributed by atoms with Crippen molar-refractivity contribution in [3.63, 3.8) is 0 Å². The van der Waals surface area contributed by atoms with Crippen molar-refractivity contribution in [2.24, 2.45) is 5.73 Å². The predicted molar refractivity (Wildman–Crippen MR) is 73.9 cm³/mol. The quantitative estimate of drug-likeness (QED) is 0.909. The zero-order valence-corrected chi connectivity index (χ0v) is 11.3. The minimum absolute atomic E-state index is 0.0538. The molecule has 2 N–H and O–H groups in total. The first-order chi connectivity index (χ1) is 8.11. The van der Waals surface area contributed by atoms with E-state index in [4.69, 9.17) is 22.1 Å². The Hall–Kier alpha value is -1.03. The lowest BCUT2D eigenvalue weighted by Crippen LogP contribution is -2.01. The first-order valence-corrected chi connectivity index (χ1v) is 6.50. The van der Waals surface area contributed by atoms with Crippen LogP contribution in [0.5, 0.6) is 5.75 Å². The van der Waals surface area contributed by atoms with E-state index < -0.39 is 0 Å². The molecular formula is C13H14ClNOS. The smallest absolute Gasteiger partial charge is 0.119 e. The molecular weight excluding hydrogens is 254 g/mol. The highest BCUT2D eigenvalue weighted by molar-refractivity contribution is 7.15. The number of benzene rings is 1. The van der Waals surface area contributed by atoms with Crippen molar-refractivity contribution in [1.29, 1.82) is 0 Å². The van der Waals surface area contributed by atoms with Gasteiger partial charge in [0, 0.05) is 26.4 Å². The Morgan fingerprint density at radius 2 is 2.06 bits per heavy atom. The van der Waals surface area contributed by atoms with Crippen LogP contribution in [0.4, 0.5) is 0 Å². The van der Waals surface area contributed by atoms with Crippen LogP contribution < -0.4 is 10.5 Å². The fourth-order valence-corrected chi connectivity index (χ4v) is 2.83. The van der Waals surface area contributed by atoms with Crippen LogP contribution in [0.3, 0.4) is 0 Å². The van der Waals surface area contributed by atoms with E-state index in [2.05, 4.69) is 0 Å². The van der Waals surface area contributed by atoms with Crippen molar-refractivity contribution >= 4 is 22.9 Å². The average Bonchev–Trinajstić information content (AvgIpc) is 2.79. The van der Waals surface area contributed by atoms with Crippen molar-refractivity contribution in [2.45, 2.75) is 13.0 Å². The number of methoxy groups -OCH3 is 1. The summed E-state index contributed by atoms with van der Waals surface area (Å²) in [4.78, 5) is 2.26. The maximum absolute atomic E-state index is 6.20. The fraction of sp³-hybridized carbons (Fsp3) is 0.231. The van der Waals surface area contributed by atoms with Crippen LogP contribution in [0.15, 0.2) is 30.3 Å². The summed E-state index contributed by atoms with van der Waals surface area (Å²) >= 11 is 7.86. The monoisotopic (exact) mass is 267 g/mol. The Morgan fingerprint density at radius 1 is 1.29 bits per heavy atom. The molecule has 0 aliphatic rings.